The molecule has 0 spiro atoms. The summed E-state index contributed by atoms with van der Waals surface area (Å²) in [6.45, 7) is 0. The molecule has 14 heavy (non-hydrogen) atoms. The lowest BCUT2D eigenvalue weighted by atomic mass is 10.3. The molecule has 0 unspecified atom stereocenters. The molecule has 0 aliphatic carbocycles. The van der Waals surface area contributed by atoms with Crippen LogP contribution in [0, 0.1) is 0 Å². The van der Waals surface area contributed by atoms with Crippen molar-refractivity contribution in [2.24, 2.45) is 0 Å². The van der Waals surface area contributed by atoms with Crippen molar-refractivity contribution in [3.05, 3.63) is 40.9 Å². The van der Waals surface area contributed by atoms with Gasteiger partial charge in [-0.05, 0) is 18.2 Å². The third-order valence-electron chi connectivity index (χ3n) is 1.45. The second-order valence-corrected chi connectivity index (χ2v) is 3.78. The van der Waals surface area contributed by atoms with Gasteiger partial charge in [0, 0.05) is 22.1 Å². The maximum Gasteiger partial charge on any atom is 0.248 e. The molecule has 0 atom stereocenters. The lowest BCUT2D eigenvalue weighted by Gasteiger charge is -2.01. The zero-order chi connectivity index (χ0) is 10.4. The number of rotatable bonds is 3. The number of allylic oxidation sites excluding steroid dienone is 1. The third kappa shape index (κ3) is 3.94. The van der Waals surface area contributed by atoms with E-state index in [1.807, 2.05) is 24.3 Å². The van der Waals surface area contributed by atoms with Crippen LogP contribution in [0.4, 0.5) is 5.69 Å². The number of halogens is 2. The summed E-state index contributed by atoms with van der Waals surface area (Å²) in [7, 11) is 0. The Morgan fingerprint density at radius 2 is 2.36 bits per heavy atom. The Kier molecular flexibility index (Phi) is 4.70. The van der Waals surface area contributed by atoms with Crippen molar-refractivity contribution in [3.63, 3.8) is 0 Å². The fourth-order valence-corrected chi connectivity index (χ4v) is 1.39. The molecule has 0 aliphatic heterocycles. The predicted molar refractivity (Wildman–Crippen MR) is 62.6 cm³/mol. The summed E-state index contributed by atoms with van der Waals surface area (Å²) in [6, 6.07) is 7.39. The number of hydrogen-bond acceptors (Lipinski definition) is 1. The molecule has 0 saturated heterocycles. The molecule has 4 heteroatoms. The highest BCUT2D eigenvalue weighted by molar-refractivity contribution is 9.10. The van der Waals surface area contributed by atoms with E-state index in [-0.39, 0.29) is 5.91 Å². The van der Waals surface area contributed by atoms with Crippen LogP contribution in [0.5, 0.6) is 0 Å². The van der Waals surface area contributed by atoms with Crippen LogP contribution in [0.2, 0.25) is 0 Å². The first-order chi connectivity index (χ1) is 6.72. The molecule has 0 aliphatic rings. The van der Waals surface area contributed by atoms with E-state index in [0.717, 1.165) is 10.2 Å². The molecule has 1 aromatic rings. The Bertz CT molecular complexity index is 352. The summed E-state index contributed by atoms with van der Waals surface area (Å²) >= 11 is 8.71. The number of carbonyl (C=O) groups excluding carboxylic acids is 1. The Morgan fingerprint density at radius 1 is 1.57 bits per heavy atom. The molecule has 0 bridgehead atoms. The number of anilines is 1. The van der Waals surface area contributed by atoms with E-state index >= 15 is 0 Å². The van der Waals surface area contributed by atoms with Gasteiger partial charge in [0.25, 0.3) is 0 Å². The molecule has 0 aromatic heterocycles. The van der Waals surface area contributed by atoms with Crippen molar-refractivity contribution in [1.82, 2.24) is 0 Å². The lowest BCUT2D eigenvalue weighted by Crippen LogP contribution is -2.07. The zero-order valence-electron chi connectivity index (χ0n) is 7.34. The van der Waals surface area contributed by atoms with Gasteiger partial charge in [-0.2, -0.15) is 0 Å². The topological polar surface area (TPSA) is 29.1 Å². The normalized spacial score (nSPS) is 10.4. The first-order valence-electron chi connectivity index (χ1n) is 4.01. The molecule has 2 nitrogen and oxygen atoms in total. The van der Waals surface area contributed by atoms with Crippen molar-refractivity contribution in [1.29, 1.82) is 0 Å². The summed E-state index contributed by atoms with van der Waals surface area (Å²) in [6.07, 6.45) is 3.00. The predicted octanol–water partition coefficient (Wildman–Crippen LogP) is 3.18. The molecule has 0 radical (unpaired) electrons. The summed E-state index contributed by atoms with van der Waals surface area (Å²) in [5, 5.41) is 2.70. The number of amides is 1. The number of nitrogens with one attached hydrogen (secondary N) is 1. The highest BCUT2D eigenvalue weighted by Gasteiger charge is 1.96. The van der Waals surface area contributed by atoms with E-state index in [2.05, 4.69) is 21.2 Å². The minimum atomic E-state index is -0.177. The molecule has 0 saturated carbocycles. The molecule has 1 amide bonds. The minimum Gasteiger partial charge on any atom is -0.322 e. The smallest absolute Gasteiger partial charge is 0.248 e. The van der Waals surface area contributed by atoms with E-state index < -0.39 is 0 Å². The minimum absolute atomic E-state index is 0.177. The van der Waals surface area contributed by atoms with Crippen LogP contribution in [-0.4, -0.2) is 11.8 Å². The Labute approximate surface area is 96.1 Å². The van der Waals surface area contributed by atoms with Gasteiger partial charge in [0.2, 0.25) is 5.91 Å². The average Bonchev–Trinajstić information content (AvgIpc) is 2.15. The van der Waals surface area contributed by atoms with Crippen LogP contribution in [0.15, 0.2) is 40.9 Å². The first kappa shape index (κ1) is 11.3. The van der Waals surface area contributed by atoms with Gasteiger partial charge in [0.1, 0.15) is 0 Å². The van der Waals surface area contributed by atoms with Gasteiger partial charge in [-0.1, -0.05) is 28.1 Å². The Morgan fingerprint density at radius 3 is 3.00 bits per heavy atom. The maximum absolute atomic E-state index is 11.2. The summed E-state index contributed by atoms with van der Waals surface area (Å²) < 4.78 is 0.927. The van der Waals surface area contributed by atoms with E-state index in [4.69, 9.17) is 11.6 Å². The highest BCUT2D eigenvalue weighted by Crippen LogP contribution is 2.15. The Balaban J connectivity index is 2.60. The van der Waals surface area contributed by atoms with Gasteiger partial charge in [-0.15, -0.1) is 11.6 Å². The van der Waals surface area contributed by atoms with Crippen molar-refractivity contribution in [3.8, 4) is 0 Å². The molecular formula is C10H9BrClNO. The monoisotopic (exact) mass is 273 g/mol. The van der Waals surface area contributed by atoms with E-state index in [9.17, 15) is 4.79 Å². The van der Waals surface area contributed by atoms with Crippen molar-refractivity contribution in [2.45, 2.75) is 0 Å². The van der Waals surface area contributed by atoms with Crippen LogP contribution in [0.1, 0.15) is 0 Å². The van der Waals surface area contributed by atoms with E-state index in [1.54, 1.807) is 6.08 Å². The zero-order valence-corrected chi connectivity index (χ0v) is 9.68. The fraction of sp³-hybridized carbons (Fsp3) is 0.100. The van der Waals surface area contributed by atoms with Crippen molar-refractivity contribution in [2.75, 3.05) is 11.2 Å². The van der Waals surface area contributed by atoms with Crippen LogP contribution >= 0.6 is 27.5 Å². The first-order valence-corrected chi connectivity index (χ1v) is 5.34. The van der Waals surface area contributed by atoms with Gasteiger partial charge in [0.15, 0.2) is 0 Å². The largest absolute Gasteiger partial charge is 0.322 e. The fourth-order valence-electron chi connectivity index (χ4n) is 0.902. The average molecular weight is 275 g/mol. The van der Waals surface area contributed by atoms with Gasteiger partial charge in [-0.25, -0.2) is 0 Å². The highest BCUT2D eigenvalue weighted by atomic mass is 79.9. The summed E-state index contributed by atoms with van der Waals surface area (Å²) in [4.78, 5) is 11.2. The molecule has 74 valence electrons. The maximum atomic E-state index is 11.2. The van der Waals surface area contributed by atoms with Gasteiger partial charge in [0.05, 0.1) is 0 Å². The standard InChI is InChI=1S/C10H9BrClNO/c11-8-3-1-4-9(7-8)13-10(14)5-2-6-12/h1-5,7H,6H2,(H,13,14). The van der Waals surface area contributed by atoms with Gasteiger partial charge in [-0.3, -0.25) is 4.79 Å². The van der Waals surface area contributed by atoms with E-state index in [0.29, 0.717) is 5.88 Å². The Hall–Kier alpha value is -0.800. The van der Waals surface area contributed by atoms with Gasteiger partial charge >= 0.3 is 0 Å². The summed E-state index contributed by atoms with van der Waals surface area (Å²) in [5.41, 5.74) is 0.753. The lowest BCUT2D eigenvalue weighted by molar-refractivity contribution is -0.111. The summed E-state index contributed by atoms with van der Waals surface area (Å²) in [5.74, 6) is 0.162. The third-order valence-corrected chi connectivity index (χ3v) is 2.12. The van der Waals surface area contributed by atoms with Gasteiger partial charge < -0.3 is 5.32 Å². The van der Waals surface area contributed by atoms with E-state index in [1.165, 1.54) is 6.08 Å². The molecule has 1 rings (SSSR count). The number of alkyl halides is 1. The molecule has 0 fully saturated rings. The number of carbonyl (C=O) groups is 1. The number of benzene rings is 1. The second kappa shape index (κ2) is 5.83. The SMILES string of the molecule is O=C(C=CCCl)Nc1cccc(Br)c1. The van der Waals surface area contributed by atoms with Crippen LogP contribution in [-0.2, 0) is 4.79 Å². The van der Waals surface area contributed by atoms with Crippen molar-refractivity contribution < 1.29 is 4.79 Å². The molecule has 1 aromatic carbocycles. The molecule has 1 N–H and O–H groups in total. The molecular weight excluding hydrogens is 265 g/mol. The molecule has 0 heterocycles. The quantitative estimate of drug-likeness (QED) is 0.666. The second-order valence-electron chi connectivity index (χ2n) is 2.56. The van der Waals surface area contributed by atoms with Crippen LogP contribution in [0.3, 0.4) is 0 Å². The van der Waals surface area contributed by atoms with Crippen LogP contribution < -0.4 is 5.32 Å². The van der Waals surface area contributed by atoms with Crippen molar-refractivity contribution >= 4 is 39.1 Å². The number of hydrogen-bond donors (Lipinski definition) is 1. The van der Waals surface area contributed by atoms with Crippen LogP contribution in [0.25, 0.3) is 0 Å².